The second-order valence-corrected chi connectivity index (χ2v) is 8.85. The van der Waals surface area contributed by atoms with Crippen molar-refractivity contribution in [3.8, 4) is 0 Å². The number of hydrogen-bond donors (Lipinski definition) is 2. The Morgan fingerprint density at radius 3 is 2.52 bits per heavy atom. The molecule has 33 heavy (non-hydrogen) atoms. The van der Waals surface area contributed by atoms with E-state index >= 15 is 0 Å². The van der Waals surface area contributed by atoms with Crippen LogP contribution < -0.4 is 10.9 Å². The summed E-state index contributed by atoms with van der Waals surface area (Å²) in [5.74, 6) is -0.443. The summed E-state index contributed by atoms with van der Waals surface area (Å²) in [6.45, 7) is 5.22. The molecule has 1 saturated heterocycles. The smallest absolute Gasteiger partial charge is 0.348 e. The van der Waals surface area contributed by atoms with Gasteiger partial charge in [0.2, 0.25) is 5.91 Å². The minimum atomic E-state index is -0.476. The van der Waals surface area contributed by atoms with Crippen molar-refractivity contribution in [1.82, 2.24) is 19.8 Å². The number of halogens is 1. The maximum Gasteiger partial charge on any atom is 0.348 e. The average Bonchev–Trinajstić information content (AvgIpc) is 3.13. The van der Waals surface area contributed by atoms with Gasteiger partial charge in [0.15, 0.2) is 0 Å². The molecule has 174 valence electrons. The quantitative estimate of drug-likeness (QED) is 0.527. The number of benzene rings is 1. The molecule has 2 aromatic heterocycles. The molecule has 0 atom stereocenters. The molecule has 1 aliphatic heterocycles. The molecule has 1 fully saturated rings. The van der Waals surface area contributed by atoms with E-state index in [9.17, 15) is 18.8 Å². The van der Waals surface area contributed by atoms with Crippen LogP contribution in [0, 0.1) is 12.7 Å². The molecule has 0 bridgehead atoms. The zero-order valence-electron chi connectivity index (χ0n) is 18.3. The summed E-state index contributed by atoms with van der Waals surface area (Å²) >= 11 is 1.16. The summed E-state index contributed by atoms with van der Waals surface area (Å²) in [5, 5.41) is 3.18. The SMILES string of the molecule is COC(=O)c1sc2nc(CN3CCN(CC(=O)Nc4ccc(F)cc4)CC3)[nH]c(=O)c2c1C. The van der Waals surface area contributed by atoms with E-state index in [-0.39, 0.29) is 23.8 Å². The van der Waals surface area contributed by atoms with Crippen LogP contribution in [0.25, 0.3) is 10.2 Å². The van der Waals surface area contributed by atoms with Crippen LogP contribution in [0.1, 0.15) is 21.1 Å². The number of methoxy groups -OCH3 is 1. The van der Waals surface area contributed by atoms with E-state index in [1.54, 1.807) is 6.92 Å². The maximum atomic E-state index is 13.0. The molecule has 9 nitrogen and oxygen atoms in total. The Balaban J connectivity index is 1.34. The largest absolute Gasteiger partial charge is 0.465 e. The number of aromatic amines is 1. The highest BCUT2D eigenvalue weighted by atomic mass is 32.1. The van der Waals surface area contributed by atoms with E-state index in [1.165, 1.54) is 31.4 Å². The Labute approximate surface area is 193 Å². The number of carbonyl (C=O) groups is 2. The molecule has 4 rings (SSSR count). The Morgan fingerprint density at radius 2 is 1.85 bits per heavy atom. The van der Waals surface area contributed by atoms with Gasteiger partial charge in [0.25, 0.3) is 5.56 Å². The number of aryl methyl sites for hydroxylation is 1. The summed E-state index contributed by atoms with van der Waals surface area (Å²) < 4.78 is 17.8. The molecule has 0 radical (unpaired) electrons. The molecule has 0 saturated carbocycles. The van der Waals surface area contributed by atoms with Crippen molar-refractivity contribution in [2.75, 3.05) is 45.2 Å². The summed E-state index contributed by atoms with van der Waals surface area (Å²) in [6, 6.07) is 5.66. The number of nitrogens with zero attached hydrogens (tertiary/aromatic N) is 3. The predicted octanol–water partition coefficient (Wildman–Crippen LogP) is 1.98. The number of aromatic nitrogens is 2. The molecule has 0 spiro atoms. The van der Waals surface area contributed by atoms with E-state index in [1.807, 2.05) is 4.90 Å². The number of anilines is 1. The van der Waals surface area contributed by atoms with Gasteiger partial charge in [-0.05, 0) is 36.8 Å². The zero-order valence-corrected chi connectivity index (χ0v) is 19.1. The molecular weight excluding hydrogens is 449 g/mol. The fourth-order valence-electron chi connectivity index (χ4n) is 3.80. The summed E-state index contributed by atoms with van der Waals surface area (Å²) in [7, 11) is 1.31. The highest BCUT2D eigenvalue weighted by Gasteiger charge is 2.22. The monoisotopic (exact) mass is 473 g/mol. The van der Waals surface area contributed by atoms with Crippen molar-refractivity contribution < 1.29 is 18.7 Å². The molecule has 1 aromatic carbocycles. The van der Waals surface area contributed by atoms with Crippen molar-refractivity contribution in [2.45, 2.75) is 13.5 Å². The van der Waals surface area contributed by atoms with Gasteiger partial charge >= 0.3 is 5.97 Å². The first kappa shape index (κ1) is 23.0. The highest BCUT2D eigenvalue weighted by molar-refractivity contribution is 7.20. The third-order valence-electron chi connectivity index (χ3n) is 5.55. The standard InChI is InChI=1S/C22H24FN5O4S/c1-13-18-20(30)25-16(26-21(18)33-19(13)22(31)32-2)11-27-7-9-28(10-8-27)12-17(29)24-15-5-3-14(23)4-6-15/h3-6H,7-12H2,1-2H3,(H,24,29)(H,25,26,30). The number of nitrogens with one attached hydrogen (secondary N) is 2. The second kappa shape index (κ2) is 9.77. The molecular formula is C22H24FN5O4S. The van der Waals surface area contributed by atoms with Gasteiger partial charge in [-0.15, -0.1) is 11.3 Å². The van der Waals surface area contributed by atoms with Crippen molar-refractivity contribution in [3.63, 3.8) is 0 Å². The first-order chi connectivity index (χ1) is 15.8. The van der Waals surface area contributed by atoms with Crippen LogP contribution in [-0.2, 0) is 16.1 Å². The van der Waals surface area contributed by atoms with Gasteiger partial charge in [-0.2, -0.15) is 0 Å². The number of esters is 1. The molecule has 2 N–H and O–H groups in total. The van der Waals surface area contributed by atoms with Gasteiger partial charge in [-0.3, -0.25) is 19.4 Å². The first-order valence-corrected chi connectivity index (χ1v) is 11.3. The molecule has 1 aliphatic rings. The molecule has 3 aromatic rings. The molecule has 11 heteroatoms. The normalized spacial score (nSPS) is 15.0. The number of H-pyrrole nitrogens is 1. The number of amides is 1. The van der Waals surface area contributed by atoms with E-state index in [0.29, 0.717) is 64.9 Å². The Bertz CT molecular complexity index is 1230. The van der Waals surface area contributed by atoms with Crippen LogP contribution in [0.4, 0.5) is 10.1 Å². The Kier molecular flexibility index (Phi) is 6.82. The molecule has 0 unspecified atom stereocenters. The van der Waals surface area contributed by atoms with E-state index in [2.05, 4.69) is 20.2 Å². The summed E-state index contributed by atoms with van der Waals surface area (Å²) in [5.41, 5.74) is 0.870. The third kappa shape index (κ3) is 5.27. The predicted molar refractivity (Wildman–Crippen MR) is 123 cm³/mol. The van der Waals surface area contributed by atoms with Crippen LogP contribution >= 0.6 is 11.3 Å². The van der Waals surface area contributed by atoms with Gasteiger partial charge in [0, 0.05) is 31.9 Å². The summed E-state index contributed by atoms with van der Waals surface area (Å²) in [4.78, 5) is 49.3. The van der Waals surface area contributed by atoms with Crippen LogP contribution in [0.5, 0.6) is 0 Å². The number of fused-ring (bicyclic) bond motifs is 1. The fraction of sp³-hybridized carbons (Fsp3) is 0.364. The zero-order chi connectivity index (χ0) is 23.5. The fourth-order valence-corrected chi connectivity index (χ4v) is 4.92. The highest BCUT2D eigenvalue weighted by Crippen LogP contribution is 2.27. The molecule has 1 amide bonds. The third-order valence-corrected chi connectivity index (χ3v) is 6.72. The van der Waals surface area contributed by atoms with Crippen LogP contribution in [0.2, 0.25) is 0 Å². The van der Waals surface area contributed by atoms with E-state index in [0.717, 1.165) is 11.3 Å². The van der Waals surface area contributed by atoms with Crippen LogP contribution in [-0.4, -0.2) is 71.5 Å². The number of rotatable bonds is 6. The number of carbonyl (C=O) groups excluding carboxylic acids is 2. The van der Waals surface area contributed by atoms with Crippen molar-refractivity contribution in [1.29, 1.82) is 0 Å². The van der Waals surface area contributed by atoms with Crippen molar-refractivity contribution >= 4 is 39.1 Å². The summed E-state index contributed by atoms with van der Waals surface area (Å²) in [6.07, 6.45) is 0. The second-order valence-electron chi connectivity index (χ2n) is 7.85. The minimum Gasteiger partial charge on any atom is -0.465 e. The van der Waals surface area contributed by atoms with Crippen LogP contribution in [0.15, 0.2) is 29.1 Å². The van der Waals surface area contributed by atoms with E-state index in [4.69, 9.17) is 4.74 Å². The Hall–Kier alpha value is -3.15. The van der Waals surface area contributed by atoms with Gasteiger partial charge in [0.05, 0.1) is 25.6 Å². The van der Waals surface area contributed by atoms with Crippen LogP contribution in [0.3, 0.4) is 0 Å². The van der Waals surface area contributed by atoms with Gasteiger partial charge in [-0.25, -0.2) is 14.2 Å². The first-order valence-electron chi connectivity index (χ1n) is 10.4. The van der Waals surface area contributed by atoms with Crippen molar-refractivity contribution in [3.05, 3.63) is 56.7 Å². The lowest BCUT2D eigenvalue weighted by Crippen LogP contribution is -2.48. The van der Waals surface area contributed by atoms with E-state index < -0.39 is 5.97 Å². The van der Waals surface area contributed by atoms with Gasteiger partial charge in [-0.1, -0.05) is 0 Å². The lowest BCUT2D eigenvalue weighted by atomic mass is 10.2. The number of hydrogen-bond acceptors (Lipinski definition) is 8. The number of ether oxygens (including phenoxy) is 1. The lowest BCUT2D eigenvalue weighted by Gasteiger charge is -2.33. The molecule has 3 heterocycles. The average molecular weight is 474 g/mol. The topological polar surface area (TPSA) is 108 Å². The number of piperazine rings is 1. The maximum absolute atomic E-state index is 13.0. The number of thiophene rings is 1. The molecule has 0 aliphatic carbocycles. The van der Waals surface area contributed by atoms with Crippen molar-refractivity contribution in [2.24, 2.45) is 0 Å². The lowest BCUT2D eigenvalue weighted by molar-refractivity contribution is -0.117. The van der Waals surface area contributed by atoms with Gasteiger partial charge < -0.3 is 15.0 Å². The Morgan fingerprint density at radius 1 is 1.18 bits per heavy atom. The van der Waals surface area contributed by atoms with Gasteiger partial charge in [0.1, 0.15) is 21.3 Å². The minimum absolute atomic E-state index is 0.152.